The average molecular weight is 399 g/mol. The summed E-state index contributed by atoms with van der Waals surface area (Å²) in [6, 6.07) is 10.1. The zero-order valence-corrected chi connectivity index (χ0v) is 17.9. The third kappa shape index (κ3) is 4.42. The lowest BCUT2D eigenvalue weighted by molar-refractivity contribution is -0.130. The van der Waals surface area contributed by atoms with Gasteiger partial charge < -0.3 is 24.0 Å². The van der Waals surface area contributed by atoms with E-state index < -0.39 is 0 Å². The van der Waals surface area contributed by atoms with E-state index in [1.54, 1.807) is 21.3 Å². The van der Waals surface area contributed by atoms with Crippen molar-refractivity contribution in [2.75, 3.05) is 52.4 Å². The van der Waals surface area contributed by atoms with Gasteiger partial charge in [-0.05, 0) is 48.7 Å². The highest BCUT2D eigenvalue weighted by Crippen LogP contribution is 2.38. The van der Waals surface area contributed by atoms with Crippen molar-refractivity contribution in [2.45, 2.75) is 20.3 Å². The number of rotatable bonds is 6. The number of anilines is 1. The molecule has 6 nitrogen and oxygen atoms in total. The van der Waals surface area contributed by atoms with Gasteiger partial charge in [0.05, 0.1) is 27.8 Å². The normalized spacial score (nSPS) is 14.0. The number of ether oxygens (including phenoxy) is 3. The molecule has 1 amide bonds. The predicted molar refractivity (Wildman–Crippen MR) is 115 cm³/mol. The first kappa shape index (κ1) is 20.8. The van der Waals surface area contributed by atoms with Gasteiger partial charge in [0.2, 0.25) is 11.7 Å². The van der Waals surface area contributed by atoms with Gasteiger partial charge in [0.25, 0.3) is 0 Å². The van der Waals surface area contributed by atoms with Crippen molar-refractivity contribution in [3.63, 3.8) is 0 Å². The number of carbonyl (C=O) groups is 1. The van der Waals surface area contributed by atoms with Gasteiger partial charge in [0.15, 0.2) is 11.5 Å². The minimum absolute atomic E-state index is 0.111. The smallest absolute Gasteiger partial charge is 0.227 e. The van der Waals surface area contributed by atoms with Gasteiger partial charge in [0, 0.05) is 31.9 Å². The van der Waals surface area contributed by atoms with Gasteiger partial charge >= 0.3 is 0 Å². The largest absolute Gasteiger partial charge is 0.493 e. The Morgan fingerprint density at radius 1 is 0.931 bits per heavy atom. The van der Waals surface area contributed by atoms with Crippen molar-refractivity contribution in [1.82, 2.24) is 4.90 Å². The molecule has 0 bridgehead atoms. The highest BCUT2D eigenvalue weighted by Gasteiger charge is 2.23. The molecule has 0 spiro atoms. The Morgan fingerprint density at radius 3 is 2.10 bits per heavy atom. The Hall–Kier alpha value is -2.89. The summed E-state index contributed by atoms with van der Waals surface area (Å²) >= 11 is 0. The van der Waals surface area contributed by atoms with Crippen LogP contribution in [-0.4, -0.2) is 58.3 Å². The van der Waals surface area contributed by atoms with Crippen LogP contribution in [0.5, 0.6) is 17.2 Å². The Balaban J connectivity index is 1.66. The van der Waals surface area contributed by atoms with E-state index in [1.165, 1.54) is 16.8 Å². The van der Waals surface area contributed by atoms with Crippen molar-refractivity contribution in [3.05, 3.63) is 47.0 Å². The summed E-state index contributed by atoms with van der Waals surface area (Å²) in [7, 11) is 4.73. The molecule has 1 aliphatic heterocycles. The monoisotopic (exact) mass is 398 g/mol. The summed E-state index contributed by atoms with van der Waals surface area (Å²) in [5, 5.41) is 0. The molecule has 1 saturated heterocycles. The van der Waals surface area contributed by atoms with Gasteiger partial charge in [-0.2, -0.15) is 0 Å². The quantitative estimate of drug-likeness (QED) is 0.748. The molecule has 0 atom stereocenters. The van der Waals surface area contributed by atoms with Gasteiger partial charge in [0.1, 0.15) is 0 Å². The minimum atomic E-state index is 0.111. The molecule has 1 aliphatic rings. The van der Waals surface area contributed by atoms with Crippen LogP contribution in [0.15, 0.2) is 30.3 Å². The van der Waals surface area contributed by atoms with Crippen molar-refractivity contribution < 1.29 is 19.0 Å². The van der Waals surface area contributed by atoms with Gasteiger partial charge in [-0.1, -0.05) is 12.1 Å². The molecule has 3 rings (SSSR count). The van der Waals surface area contributed by atoms with Crippen LogP contribution in [0, 0.1) is 13.8 Å². The number of hydrogen-bond donors (Lipinski definition) is 0. The molecule has 2 aromatic rings. The third-order valence-corrected chi connectivity index (χ3v) is 5.63. The number of piperazine rings is 1. The Kier molecular flexibility index (Phi) is 6.52. The number of amides is 1. The van der Waals surface area contributed by atoms with E-state index in [0.29, 0.717) is 23.7 Å². The number of aryl methyl sites for hydroxylation is 1. The molecular weight excluding hydrogens is 368 g/mol. The fourth-order valence-corrected chi connectivity index (χ4v) is 3.80. The van der Waals surface area contributed by atoms with E-state index in [4.69, 9.17) is 14.2 Å². The van der Waals surface area contributed by atoms with Crippen LogP contribution in [0.2, 0.25) is 0 Å². The third-order valence-electron chi connectivity index (χ3n) is 5.63. The maximum Gasteiger partial charge on any atom is 0.227 e. The summed E-state index contributed by atoms with van der Waals surface area (Å²) in [6.07, 6.45) is 0.306. The van der Waals surface area contributed by atoms with E-state index in [2.05, 4.69) is 36.9 Å². The van der Waals surface area contributed by atoms with Crippen LogP contribution in [0.1, 0.15) is 16.7 Å². The van der Waals surface area contributed by atoms with Crippen LogP contribution < -0.4 is 19.1 Å². The first-order valence-corrected chi connectivity index (χ1v) is 9.86. The van der Waals surface area contributed by atoms with Crippen molar-refractivity contribution in [2.24, 2.45) is 0 Å². The maximum absolute atomic E-state index is 12.9. The van der Waals surface area contributed by atoms with E-state index >= 15 is 0 Å². The summed E-state index contributed by atoms with van der Waals surface area (Å²) in [6.45, 7) is 7.41. The maximum atomic E-state index is 12.9. The van der Waals surface area contributed by atoms with E-state index in [0.717, 1.165) is 31.7 Å². The Bertz CT molecular complexity index is 848. The van der Waals surface area contributed by atoms with Crippen LogP contribution in [0.4, 0.5) is 5.69 Å². The summed E-state index contributed by atoms with van der Waals surface area (Å²) in [4.78, 5) is 17.2. The van der Waals surface area contributed by atoms with Crippen LogP contribution >= 0.6 is 0 Å². The molecule has 29 heavy (non-hydrogen) atoms. The standard InChI is InChI=1S/C23H30N2O4/c1-16-7-6-8-19(17(16)2)24-9-11-25(12-10-24)22(26)15-18-13-20(27-3)23(29-5)21(14-18)28-4/h6-8,13-14H,9-12,15H2,1-5H3. The first-order valence-electron chi connectivity index (χ1n) is 9.86. The van der Waals surface area contributed by atoms with Crippen LogP contribution in [0.25, 0.3) is 0 Å². The fraction of sp³-hybridized carbons (Fsp3) is 0.435. The summed E-state index contributed by atoms with van der Waals surface area (Å²) in [5.41, 5.74) is 4.72. The second-order valence-electron chi connectivity index (χ2n) is 7.30. The lowest BCUT2D eigenvalue weighted by Gasteiger charge is -2.37. The number of carbonyl (C=O) groups excluding carboxylic acids is 1. The number of methoxy groups -OCH3 is 3. The lowest BCUT2D eigenvalue weighted by Crippen LogP contribution is -2.49. The zero-order valence-electron chi connectivity index (χ0n) is 17.9. The molecule has 6 heteroatoms. The zero-order chi connectivity index (χ0) is 21.0. The lowest BCUT2D eigenvalue weighted by atomic mass is 10.1. The summed E-state index contributed by atoms with van der Waals surface area (Å²) < 4.78 is 16.1. The molecule has 0 aliphatic carbocycles. The van der Waals surface area contributed by atoms with Crippen LogP contribution in [0.3, 0.4) is 0 Å². The molecule has 2 aromatic carbocycles. The highest BCUT2D eigenvalue weighted by molar-refractivity contribution is 5.79. The van der Waals surface area contributed by atoms with Crippen molar-refractivity contribution in [1.29, 1.82) is 0 Å². The predicted octanol–water partition coefficient (Wildman–Crippen LogP) is 3.22. The molecule has 0 radical (unpaired) electrons. The SMILES string of the molecule is COc1cc(CC(=O)N2CCN(c3cccc(C)c3C)CC2)cc(OC)c1OC. The van der Waals surface area contributed by atoms with Gasteiger partial charge in [-0.15, -0.1) is 0 Å². The van der Waals surface area contributed by atoms with Gasteiger partial charge in [-0.25, -0.2) is 0 Å². The molecule has 1 heterocycles. The molecule has 156 valence electrons. The van der Waals surface area contributed by atoms with Crippen molar-refractivity contribution >= 4 is 11.6 Å². The highest BCUT2D eigenvalue weighted by atomic mass is 16.5. The molecule has 1 fully saturated rings. The van der Waals surface area contributed by atoms with E-state index in [9.17, 15) is 4.79 Å². The van der Waals surface area contributed by atoms with E-state index in [1.807, 2.05) is 17.0 Å². The van der Waals surface area contributed by atoms with Crippen LogP contribution in [-0.2, 0) is 11.2 Å². The average Bonchev–Trinajstić information content (AvgIpc) is 2.75. The molecule has 0 N–H and O–H groups in total. The van der Waals surface area contributed by atoms with E-state index in [-0.39, 0.29) is 5.91 Å². The van der Waals surface area contributed by atoms with Gasteiger partial charge in [-0.3, -0.25) is 4.79 Å². The van der Waals surface area contributed by atoms with Crippen molar-refractivity contribution in [3.8, 4) is 17.2 Å². The fourth-order valence-electron chi connectivity index (χ4n) is 3.80. The topological polar surface area (TPSA) is 51.2 Å². The first-order chi connectivity index (χ1) is 14.0. The number of hydrogen-bond acceptors (Lipinski definition) is 5. The molecule has 0 saturated carbocycles. The number of nitrogens with zero attached hydrogens (tertiary/aromatic N) is 2. The molecule has 0 unspecified atom stereocenters. The second kappa shape index (κ2) is 9.07. The molecular formula is C23H30N2O4. The second-order valence-corrected chi connectivity index (χ2v) is 7.30. The Morgan fingerprint density at radius 2 is 1.55 bits per heavy atom. The summed E-state index contributed by atoms with van der Waals surface area (Å²) in [5.74, 6) is 1.78. The minimum Gasteiger partial charge on any atom is -0.493 e. The molecule has 0 aromatic heterocycles. The Labute approximate surface area is 173 Å². The number of benzene rings is 2.